The SMILES string of the molecule is COc1ccc(NC(=O)CSc2nc(N)c3c4c(sc3n2)CN(C)CC4)cc1. The molecule has 0 unspecified atom stereocenters. The maximum Gasteiger partial charge on any atom is 0.234 e. The number of benzene rings is 1. The number of methoxy groups -OCH3 is 1. The summed E-state index contributed by atoms with van der Waals surface area (Å²) in [6.07, 6.45) is 0.968. The number of thiophene rings is 1. The molecule has 0 fully saturated rings. The van der Waals surface area contributed by atoms with Crippen LogP contribution in [0.25, 0.3) is 10.2 Å². The number of nitrogens with two attached hydrogens (primary N) is 1. The van der Waals surface area contributed by atoms with Crippen molar-refractivity contribution in [3.63, 3.8) is 0 Å². The molecule has 0 saturated heterocycles. The number of carbonyl (C=O) groups is 1. The summed E-state index contributed by atoms with van der Waals surface area (Å²) in [5, 5.41) is 4.37. The van der Waals surface area contributed by atoms with Gasteiger partial charge in [0.05, 0.1) is 18.2 Å². The minimum atomic E-state index is -0.121. The van der Waals surface area contributed by atoms with Crippen LogP contribution < -0.4 is 15.8 Å². The van der Waals surface area contributed by atoms with Gasteiger partial charge < -0.3 is 20.7 Å². The molecule has 0 bridgehead atoms. The van der Waals surface area contributed by atoms with Crippen molar-refractivity contribution in [1.29, 1.82) is 0 Å². The number of amides is 1. The Morgan fingerprint density at radius 1 is 1.36 bits per heavy atom. The van der Waals surface area contributed by atoms with Crippen LogP contribution in [0.3, 0.4) is 0 Å². The normalized spacial score (nSPS) is 14.1. The number of anilines is 2. The van der Waals surface area contributed by atoms with Crippen molar-refractivity contribution in [3.05, 3.63) is 34.7 Å². The van der Waals surface area contributed by atoms with E-state index in [-0.39, 0.29) is 11.7 Å². The minimum Gasteiger partial charge on any atom is -0.497 e. The average molecular weight is 416 g/mol. The lowest BCUT2D eigenvalue weighted by Gasteiger charge is -2.22. The average Bonchev–Trinajstić information content (AvgIpc) is 3.04. The van der Waals surface area contributed by atoms with Gasteiger partial charge in [-0.2, -0.15) is 0 Å². The Balaban J connectivity index is 1.45. The molecule has 146 valence electrons. The molecule has 1 aliphatic rings. The van der Waals surface area contributed by atoms with Crippen LogP contribution in [0, 0.1) is 0 Å². The third-order valence-corrected chi connectivity index (χ3v) is 6.56. The predicted octanol–water partition coefficient (Wildman–Crippen LogP) is 3.00. The number of nitrogens with one attached hydrogen (secondary N) is 1. The summed E-state index contributed by atoms with van der Waals surface area (Å²) in [6.45, 7) is 1.93. The fourth-order valence-corrected chi connectivity index (χ4v) is 5.21. The molecule has 3 aromatic rings. The first kappa shape index (κ1) is 19.0. The van der Waals surface area contributed by atoms with Crippen molar-refractivity contribution in [2.45, 2.75) is 18.1 Å². The van der Waals surface area contributed by atoms with Gasteiger partial charge in [0.15, 0.2) is 5.16 Å². The minimum absolute atomic E-state index is 0.121. The zero-order valence-corrected chi connectivity index (χ0v) is 17.3. The van der Waals surface area contributed by atoms with Gasteiger partial charge in [0.2, 0.25) is 5.91 Å². The largest absolute Gasteiger partial charge is 0.497 e. The van der Waals surface area contributed by atoms with Gasteiger partial charge in [-0.1, -0.05) is 11.8 Å². The second kappa shape index (κ2) is 7.94. The molecular weight excluding hydrogens is 394 g/mol. The number of carbonyl (C=O) groups excluding carboxylic acids is 1. The molecule has 3 heterocycles. The number of thioether (sulfide) groups is 1. The number of aromatic nitrogens is 2. The summed E-state index contributed by atoms with van der Waals surface area (Å²) in [5.74, 6) is 1.34. The number of fused-ring (bicyclic) bond motifs is 3. The molecule has 0 radical (unpaired) electrons. The van der Waals surface area contributed by atoms with Gasteiger partial charge in [0.1, 0.15) is 16.4 Å². The Morgan fingerprint density at radius 2 is 2.14 bits per heavy atom. The summed E-state index contributed by atoms with van der Waals surface area (Å²) in [7, 11) is 3.72. The smallest absolute Gasteiger partial charge is 0.234 e. The second-order valence-corrected chi connectivity index (χ2v) is 8.65. The third kappa shape index (κ3) is 3.91. The van der Waals surface area contributed by atoms with Gasteiger partial charge in [-0.05, 0) is 43.3 Å². The lowest BCUT2D eigenvalue weighted by molar-refractivity contribution is -0.113. The number of hydrogen-bond acceptors (Lipinski definition) is 8. The lowest BCUT2D eigenvalue weighted by atomic mass is 10.1. The van der Waals surface area contributed by atoms with Gasteiger partial charge in [-0.3, -0.25) is 4.79 Å². The number of nitrogens with zero attached hydrogens (tertiary/aromatic N) is 3. The number of ether oxygens (including phenoxy) is 1. The van der Waals surface area contributed by atoms with Crippen LogP contribution in [-0.4, -0.2) is 47.2 Å². The standard InChI is InChI=1S/C19H21N5O2S2/c1-24-8-7-13-14(9-24)28-18-16(13)17(20)22-19(23-18)27-10-15(25)21-11-3-5-12(26-2)6-4-11/h3-6H,7-10H2,1-2H3,(H,21,25)(H2,20,22,23). The van der Waals surface area contributed by atoms with Crippen molar-refractivity contribution >= 4 is 50.7 Å². The summed E-state index contributed by atoms with van der Waals surface area (Å²) in [6, 6.07) is 7.21. The molecule has 0 aliphatic carbocycles. The molecule has 2 aromatic heterocycles. The Bertz CT molecular complexity index is 1020. The quantitative estimate of drug-likeness (QED) is 0.489. The van der Waals surface area contributed by atoms with E-state index in [4.69, 9.17) is 10.5 Å². The lowest BCUT2D eigenvalue weighted by Crippen LogP contribution is -2.25. The maximum atomic E-state index is 12.2. The molecule has 1 aromatic carbocycles. The van der Waals surface area contributed by atoms with E-state index in [0.717, 1.165) is 41.2 Å². The Kier molecular flexibility index (Phi) is 5.38. The highest BCUT2D eigenvalue weighted by molar-refractivity contribution is 7.99. The highest BCUT2D eigenvalue weighted by atomic mass is 32.2. The van der Waals surface area contributed by atoms with Gasteiger partial charge >= 0.3 is 0 Å². The third-order valence-electron chi connectivity index (χ3n) is 4.60. The fourth-order valence-electron chi connectivity index (χ4n) is 3.20. The van der Waals surface area contributed by atoms with Crippen LogP contribution in [0.4, 0.5) is 11.5 Å². The molecule has 4 rings (SSSR count). The molecule has 0 atom stereocenters. The van der Waals surface area contributed by atoms with Crippen molar-refractivity contribution in [3.8, 4) is 5.75 Å². The van der Waals surface area contributed by atoms with Crippen molar-refractivity contribution in [2.75, 3.05) is 37.5 Å². The molecule has 7 nitrogen and oxygen atoms in total. The molecule has 1 amide bonds. The molecule has 3 N–H and O–H groups in total. The van der Waals surface area contributed by atoms with E-state index in [1.807, 2.05) is 0 Å². The molecule has 9 heteroatoms. The Morgan fingerprint density at radius 3 is 2.89 bits per heavy atom. The van der Waals surface area contributed by atoms with Crippen LogP contribution >= 0.6 is 23.1 Å². The highest BCUT2D eigenvalue weighted by Gasteiger charge is 2.22. The van der Waals surface area contributed by atoms with Crippen molar-refractivity contribution < 1.29 is 9.53 Å². The van der Waals surface area contributed by atoms with Crippen molar-refractivity contribution in [2.24, 2.45) is 0 Å². The van der Waals surface area contributed by atoms with Crippen LogP contribution in [-0.2, 0) is 17.8 Å². The monoisotopic (exact) mass is 415 g/mol. The highest BCUT2D eigenvalue weighted by Crippen LogP contribution is 2.37. The van der Waals surface area contributed by atoms with Crippen molar-refractivity contribution in [1.82, 2.24) is 14.9 Å². The molecule has 1 aliphatic heterocycles. The summed E-state index contributed by atoms with van der Waals surface area (Å²) in [4.78, 5) is 25.8. The van der Waals surface area contributed by atoms with E-state index < -0.39 is 0 Å². The summed E-state index contributed by atoms with van der Waals surface area (Å²) >= 11 is 2.96. The first-order valence-corrected chi connectivity index (χ1v) is 10.7. The molecule has 0 saturated carbocycles. The summed E-state index contributed by atoms with van der Waals surface area (Å²) < 4.78 is 5.11. The zero-order chi connectivity index (χ0) is 19.7. The molecule has 0 spiro atoms. The predicted molar refractivity (Wildman–Crippen MR) is 114 cm³/mol. The fraction of sp³-hybridized carbons (Fsp3) is 0.316. The van der Waals surface area contributed by atoms with E-state index in [1.54, 1.807) is 42.7 Å². The first-order valence-electron chi connectivity index (χ1n) is 8.86. The molecule has 28 heavy (non-hydrogen) atoms. The number of hydrogen-bond donors (Lipinski definition) is 2. The topological polar surface area (TPSA) is 93.4 Å². The van der Waals surface area contributed by atoms with Crippen LogP contribution in [0.1, 0.15) is 10.4 Å². The first-order chi connectivity index (χ1) is 13.5. The number of likely N-dealkylation sites (N-methyl/N-ethyl adjacent to an activating group) is 1. The number of nitrogen functional groups attached to an aromatic ring is 1. The van der Waals surface area contributed by atoms with Gasteiger partial charge in [-0.15, -0.1) is 11.3 Å². The van der Waals surface area contributed by atoms with Gasteiger partial charge in [0, 0.05) is 23.7 Å². The second-order valence-electron chi connectivity index (χ2n) is 6.63. The Labute approximate surface area is 171 Å². The summed E-state index contributed by atoms with van der Waals surface area (Å²) in [5.41, 5.74) is 8.24. The van der Waals surface area contributed by atoms with Gasteiger partial charge in [-0.25, -0.2) is 9.97 Å². The molecular formula is C19H21N5O2S2. The number of rotatable bonds is 5. The van der Waals surface area contributed by atoms with E-state index >= 15 is 0 Å². The van der Waals surface area contributed by atoms with E-state index in [9.17, 15) is 4.79 Å². The van der Waals surface area contributed by atoms with E-state index in [0.29, 0.717) is 11.0 Å². The van der Waals surface area contributed by atoms with E-state index in [1.165, 1.54) is 22.2 Å². The van der Waals surface area contributed by atoms with Gasteiger partial charge in [0.25, 0.3) is 0 Å². The van der Waals surface area contributed by atoms with Crippen LogP contribution in [0.5, 0.6) is 5.75 Å². The van der Waals surface area contributed by atoms with Crippen LogP contribution in [0.2, 0.25) is 0 Å². The van der Waals surface area contributed by atoms with E-state index in [2.05, 4.69) is 27.2 Å². The maximum absolute atomic E-state index is 12.2. The zero-order valence-electron chi connectivity index (χ0n) is 15.7. The van der Waals surface area contributed by atoms with Crippen LogP contribution in [0.15, 0.2) is 29.4 Å². The Hall–Kier alpha value is -2.36.